The lowest BCUT2D eigenvalue weighted by Crippen LogP contribution is -2.42. The van der Waals surface area contributed by atoms with Crippen LogP contribution in [0.1, 0.15) is 11.3 Å². The number of hydrogen-bond donors (Lipinski definition) is 1. The molecule has 1 unspecified atom stereocenters. The summed E-state index contributed by atoms with van der Waals surface area (Å²) in [7, 11) is 0. The number of aryl methyl sites for hydroxylation is 1. The molecule has 1 aromatic heterocycles. The van der Waals surface area contributed by atoms with Gasteiger partial charge in [0.15, 0.2) is 11.5 Å². The Bertz CT molecular complexity index is 1350. The first-order valence-electron chi connectivity index (χ1n) is 10.1. The topological polar surface area (TPSA) is 73.1 Å². The van der Waals surface area contributed by atoms with E-state index in [2.05, 4.69) is 10.5 Å². The average molecular weight is 447 g/mol. The molecule has 0 saturated heterocycles. The van der Waals surface area contributed by atoms with Crippen molar-refractivity contribution < 1.29 is 18.7 Å². The van der Waals surface area contributed by atoms with Gasteiger partial charge >= 0.3 is 0 Å². The van der Waals surface area contributed by atoms with Crippen molar-refractivity contribution in [3.05, 3.63) is 83.1 Å². The highest BCUT2D eigenvalue weighted by atomic mass is 35.5. The van der Waals surface area contributed by atoms with Crippen molar-refractivity contribution >= 4 is 34.5 Å². The summed E-state index contributed by atoms with van der Waals surface area (Å²) in [5, 5.41) is 6.71. The van der Waals surface area contributed by atoms with E-state index in [1.165, 1.54) is 6.21 Å². The quantitative estimate of drug-likeness (QED) is 0.338. The molecule has 3 aromatic carbocycles. The fraction of sp³-hybridized carbons (Fsp3) is 0.120. The van der Waals surface area contributed by atoms with Crippen LogP contribution in [0.3, 0.4) is 0 Å². The van der Waals surface area contributed by atoms with Crippen LogP contribution in [0.5, 0.6) is 11.5 Å². The third-order valence-electron chi connectivity index (χ3n) is 5.21. The first-order valence-corrected chi connectivity index (χ1v) is 10.5. The molecule has 1 N–H and O–H groups in total. The van der Waals surface area contributed by atoms with Crippen LogP contribution in [0, 0.1) is 6.92 Å². The number of benzene rings is 3. The average Bonchev–Trinajstić information content (AvgIpc) is 3.28. The maximum Gasteiger partial charge on any atom is 0.284 e. The van der Waals surface area contributed by atoms with Crippen molar-refractivity contribution in [2.75, 3.05) is 6.61 Å². The zero-order valence-corrected chi connectivity index (χ0v) is 17.9. The molecule has 1 aliphatic rings. The smallest absolute Gasteiger partial charge is 0.284 e. The molecule has 1 amide bonds. The van der Waals surface area contributed by atoms with Crippen molar-refractivity contribution in [3.63, 3.8) is 0 Å². The molecular formula is C25H19ClN2O4. The highest BCUT2D eigenvalue weighted by Crippen LogP contribution is 2.35. The fourth-order valence-electron chi connectivity index (χ4n) is 3.44. The molecule has 1 aliphatic heterocycles. The van der Waals surface area contributed by atoms with Crippen LogP contribution < -0.4 is 14.9 Å². The Labute approximate surface area is 189 Å². The van der Waals surface area contributed by atoms with E-state index >= 15 is 0 Å². The number of carbonyl (C=O) groups excluding carboxylic acids is 1. The minimum Gasteiger partial charge on any atom is -0.485 e. The highest BCUT2D eigenvalue weighted by molar-refractivity contribution is 6.31. The summed E-state index contributed by atoms with van der Waals surface area (Å²) in [6.45, 7) is 2.04. The molecule has 2 heterocycles. The number of hydrogen-bond acceptors (Lipinski definition) is 5. The van der Waals surface area contributed by atoms with Crippen LogP contribution >= 0.6 is 11.6 Å². The number of halogens is 1. The van der Waals surface area contributed by atoms with E-state index in [4.69, 9.17) is 25.5 Å². The number of furan rings is 1. The minimum absolute atomic E-state index is 0.103. The normalized spacial score (nSPS) is 15.2. The maximum atomic E-state index is 12.5. The lowest BCUT2D eigenvalue weighted by atomic mass is 10.1. The van der Waals surface area contributed by atoms with E-state index in [1.54, 1.807) is 6.07 Å². The molecule has 4 aromatic rings. The second kappa shape index (κ2) is 8.40. The van der Waals surface area contributed by atoms with Crippen molar-refractivity contribution in [1.82, 2.24) is 5.43 Å². The zero-order valence-electron chi connectivity index (χ0n) is 17.2. The Morgan fingerprint density at radius 3 is 2.62 bits per heavy atom. The van der Waals surface area contributed by atoms with Gasteiger partial charge in [-0.05, 0) is 53.6 Å². The number of rotatable bonds is 4. The van der Waals surface area contributed by atoms with E-state index in [0.717, 1.165) is 21.9 Å². The number of hydrazone groups is 1. The molecule has 0 saturated carbocycles. The van der Waals surface area contributed by atoms with E-state index in [0.29, 0.717) is 28.0 Å². The van der Waals surface area contributed by atoms with Gasteiger partial charge in [-0.15, -0.1) is 0 Å². The van der Waals surface area contributed by atoms with Gasteiger partial charge in [0.1, 0.15) is 18.1 Å². The molecule has 0 bridgehead atoms. The van der Waals surface area contributed by atoms with Gasteiger partial charge in [0, 0.05) is 10.6 Å². The van der Waals surface area contributed by atoms with E-state index in [9.17, 15) is 4.79 Å². The SMILES string of the molecule is Cc1ccc(-c2ccc(C=NNC(=O)C3COc4cc5ccccc5cc4O3)o2)cc1Cl. The summed E-state index contributed by atoms with van der Waals surface area (Å²) in [6.07, 6.45) is 0.630. The molecule has 7 heteroatoms. The van der Waals surface area contributed by atoms with Crippen LogP contribution in [-0.2, 0) is 4.79 Å². The van der Waals surface area contributed by atoms with Gasteiger partial charge < -0.3 is 13.9 Å². The first kappa shape index (κ1) is 20.2. The number of amides is 1. The van der Waals surface area contributed by atoms with Gasteiger partial charge in [-0.25, -0.2) is 5.43 Å². The predicted octanol–water partition coefficient (Wildman–Crippen LogP) is 5.35. The summed E-state index contributed by atoms with van der Waals surface area (Å²) in [4.78, 5) is 12.5. The standard InChI is InChI=1S/C25H19ClN2O4/c1-15-6-7-18(10-20(15)26)21-9-8-19(31-21)13-27-28-25(29)24-14-30-22-11-16-4-2-3-5-17(16)12-23(22)32-24/h2-13,24H,14H2,1H3,(H,28,29). The molecular weight excluding hydrogens is 428 g/mol. The second-order valence-corrected chi connectivity index (χ2v) is 7.87. The third kappa shape index (κ3) is 4.05. The van der Waals surface area contributed by atoms with Crippen molar-refractivity contribution in [1.29, 1.82) is 0 Å². The number of nitrogens with one attached hydrogen (secondary N) is 1. The Hall–Kier alpha value is -3.77. The van der Waals surface area contributed by atoms with Gasteiger partial charge in [0.25, 0.3) is 5.91 Å². The van der Waals surface area contributed by atoms with E-state index in [1.807, 2.05) is 67.6 Å². The van der Waals surface area contributed by atoms with Gasteiger partial charge in [0.2, 0.25) is 6.10 Å². The molecule has 0 radical (unpaired) electrons. The maximum absolute atomic E-state index is 12.5. The third-order valence-corrected chi connectivity index (χ3v) is 5.62. The van der Waals surface area contributed by atoms with Crippen molar-refractivity contribution in [2.24, 2.45) is 5.10 Å². The molecule has 5 rings (SSSR count). The van der Waals surface area contributed by atoms with Gasteiger partial charge in [-0.1, -0.05) is 48.0 Å². The number of nitrogens with zero attached hydrogens (tertiary/aromatic N) is 1. The molecule has 32 heavy (non-hydrogen) atoms. The Morgan fingerprint density at radius 2 is 1.84 bits per heavy atom. The van der Waals surface area contributed by atoms with E-state index < -0.39 is 12.0 Å². The highest BCUT2D eigenvalue weighted by Gasteiger charge is 2.27. The molecule has 0 spiro atoms. The summed E-state index contributed by atoms with van der Waals surface area (Å²) < 4.78 is 17.3. The Kier molecular flexibility index (Phi) is 5.29. The van der Waals surface area contributed by atoms with Gasteiger partial charge in [0.05, 0.1) is 6.21 Å². The van der Waals surface area contributed by atoms with Crippen LogP contribution in [0.25, 0.3) is 22.1 Å². The molecule has 6 nitrogen and oxygen atoms in total. The Morgan fingerprint density at radius 1 is 1.06 bits per heavy atom. The van der Waals surface area contributed by atoms with Crippen LogP contribution in [0.15, 0.2) is 76.2 Å². The Balaban J connectivity index is 1.23. The zero-order chi connectivity index (χ0) is 22.1. The van der Waals surface area contributed by atoms with Gasteiger partial charge in [-0.2, -0.15) is 5.10 Å². The largest absolute Gasteiger partial charge is 0.485 e. The van der Waals surface area contributed by atoms with Crippen molar-refractivity contribution in [3.8, 4) is 22.8 Å². The first-order chi connectivity index (χ1) is 15.6. The minimum atomic E-state index is -0.803. The van der Waals surface area contributed by atoms with Crippen LogP contribution in [0.4, 0.5) is 0 Å². The van der Waals surface area contributed by atoms with Crippen LogP contribution in [0.2, 0.25) is 5.02 Å². The monoisotopic (exact) mass is 446 g/mol. The lowest BCUT2D eigenvalue weighted by Gasteiger charge is -2.25. The fourth-order valence-corrected chi connectivity index (χ4v) is 3.62. The molecule has 0 aliphatic carbocycles. The number of ether oxygens (including phenoxy) is 2. The predicted molar refractivity (Wildman–Crippen MR) is 123 cm³/mol. The summed E-state index contributed by atoms with van der Waals surface area (Å²) in [5.74, 6) is 1.90. The van der Waals surface area contributed by atoms with E-state index in [-0.39, 0.29) is 6.61 Å². The lowest BCUT2D eigenvalue weighted by molar-refractivity contribution is -0.130. The summed E-state index contributed by atoms with van der Waals surface area (Å²) in [6, 6.07) is 21.0. The molecule has 1 atom stereocenters. The molecule has 0 fully saturated rings. The molecule has 160 valence electrons. The van der Waals surface area contributed by atoms with Gasteiger partial charge in [-0.3, -0.25) is 4.79 Å². The summed E-state index contributed by atoms with van der Waals surface area (Å²) in [5.41, 5.74) is 4.34. The van der Waals surface area contributed by atoms with Crippen molar-refractivity contribution in [2.45, 2.75) is 13.0 Å². The second-order valence-electron chi connectivity index (χ2n) is 7.46. The number of fused-ring (bicyclic) bond motifs is 2. The summed E-state index contributed by atoms with van der Waals surface area (Å²) >= 11 is 6.19. The van der Waals surface area contributed by atoms with Crippen LogP contribution in [-0.4, -0.2) is 24.8 Å². The number of carbonyl (C=O) groups is 1.